The van der Waals surface area contributed by atoms with Crippen LogP contribution in [0.1, 0.15) is 150 Å². The maximum atomic E-state index is 14.1. The Kier molecular flexibility index (Phi) is 8.89. The SMILES string of the molecule is CC(C)c1cc(C(C)C)c(S(=O)(=O)Oc2cc(C3CCCC3)c(S(=O)(=O)O)c(C3CCCC3)c2)c(C(C)C)c1. The molecule has 2 aliphatic carbocycles. The first-order valence-electron chi connectivity index (χ1n) is 14.5. The Hall–Kier alpha value is -1.90. The Morgan fingerprint density at radius 2 is 1.08 bits per heavy atom. The van der Waals surface area contributed by atoms with Crippen molar-refractivity contribution in [2.24, 2.45) is 0 Å². The highest BCUT2D eigenvalue weighted by atomic mass is 32.2. The highest BCUT2D eigenvalue weighted by molar-refractivity contribution is 7.87. The molecule has 0 radical (unpaired) electrons. The molecule has 6 nitrogen and oxygen atoms in total. The molecule has 0 amide bonds. The molecule has 0 aliphatic heterocycles. The van der Waals surface area contributed by atoms with E-state index in [9.17, 15) is 21.4 Å². The Morgan fingerprint density at radius 3 is 1.41 bits per heavy atom. The van der Waals surface area contributed by atoms with E-state index in [4.69, 9.17) is 4.18 Å². The van der Waals surface area contributed by atoms with E-state index in [0.717, 1.165) is 68.1 Å². The van der Waals surface area contributed by atoms with Gasteiger partial charge >= 0.3 is 10.1 Å². The Bertz CT molecular complexity index is 1340. The van der Waals surface area contributed by atoms with Crippen LogP contribution in [0.4, 0.5) is 0 Å². The van der Waals surface area contributed by atoms with Gasteiger partial charge in [-0.25, -0.2) is 0 Å². The molecule has 0 heterocycles. The zero-order valence-corrected chi connectivity index (χ0v) is 25.8. The van der Waals surface area contributed by atoms with Crippen LogP contribution in [0.2, 0.25) is 0 Å². The van der Waals surface area contributed by atoms with Crippen LogP contribution in [-0.4, -0.2) is 21.4 Å². The van der Waals surface area contributed by atoms with Crippen molar-refractivity contribution in [2.45, 2.75) is 132 Å². The summed E-state index contributed by atoms with van der Waals surface area (Å²) in [4.78, 5) is 0.179. The van der Waals surface area contributed by atoms with Crippen molar-refractivity contribution in [3.63, 3.8) is 0 Å². The first-order chi connectivity index (χ1) is 18.2. The lowest BCUT2D eigenvalue weighted by Crippen LogP contribution is -2.18. The summed E-state index contributed by atoms with van der Waals surface area (Å²) in [7, 11) is -8.75. The highest BCUT2D eigenvalue weighted by Gasteiger charge is 2.34. The van der Waals surface area contributed by atoms with Crippen molar-refractivity contribution in [2.75, 3.05) is 0 Å². The predicted molar refractivity (Wildman–Crippen MR) is 155 cm³/mol. The van der Waals surface area contributed by atoms with Gasteiger partial charge in [-0.15, -0.1) is 0 Å². The Labute approximate surface area is 235 Å². The maximum absolute atomic E-state index is 14.1. The minimum Gasteiger partial charge on any atom is -0.379 e. The van der Waals surface area contributed by atoms with Crippen LogP contribution in [-0.2, 0) is 20.2 Å². The highest BCUT2D eigenvalue weighted by Crippen LogP contribution is 2.46. The molecule has 0 bridgehead atoms. The predicted octanol–water partition coefficient (Wildman–Crippen LogP) is 8.39. The van der Waals surface area contributed by atoms with Crippen molar-refractivity contribution in [1.82, 2.24) is 0 Å². The van der Waals surface area contributed by atoms with Crippen LogP contribution in [0.3, 0.4) is 0 Å². The smallest absolute Gasteiger partial charge is 0.339 e. The molecule has 0 spiro atoms. The third-order valence-corrected chi connectivity index (χ3v) is 10.9. The second kappa shape index (κ2) is 11.5. The van der Waals surface area contributed by atoms with E-state index >= 15 is 0 Å². The molecule has 39 heavy (non-hydrogen) atoms. The van der Waals surface area contributed by atoms with E-state index in [1.807, 2.05) is 39.8 Å². The second-order valence-corrected chi connectivity index (χ2v) is 15.2. The Morgan fingerprint density at radius 1 is 0.667 bits per heavy atom. The molecule has 2 fully saturated rings. The van der Waals surface area contributed by atoms with Gasteiger partial charge in [0, 0.05) is 0 Å². The Balaban J connectivity index is 1.92. The molecule has 2 saturated carbocycles. The first-order valence-corrected chi connectivity index (χ1v) is 17.3. The van der Waals surface area contributed by atoms with Gasteiger partial charge in [-0.05, 0) is 95.2 Å². The topological polar surface area (TPSA) is 97.7 Å². The molecule has 2 aromatic rings. The van der Waals surface area contributed by atoms with Gasteiger partial charge in [0.2, 0.25) is 0 Å². The van der Waals surface area contributed by atoms with E-state index < -0.39 is 20.2 Å². The summed E-state index contributed by atoms with van der Waals surface area (Å²) >= 11 is 0. The number of hydrogen-bond acceptors (Lipinski definition) is 5. The van der Waals surface area contributed by atoms with Crippen molar-refractivity contribution >= 4 is 20.2 Å². The van der Waals surface area contributed by atoms with E-state index in [2.05, 4.69) is 13.8 Å². The van der Waals surface area contributed by atoms with Gasteiger partial charge in [0.05, 0.1) is 0 Å². The number of rotatable bonds is 9. The lowest BCUT2D eigenvalue weighted by molar-refractivity contribution is 0.473. The monoisotopic (exact) mass is 576 g/mol. The molecule has 0 aromatic heterocycles. The molecule has 2 aliphatic rings. The zero-order valence-electron chi connectivity index (χ0n) is 24.2. The van der Waals surface area contributed by atoms with Crippen LogP contribution in [0.25, 0.3) is 0 Å². The van der Waals surface area contributed by atoms with E-state index in [-0.39, 0.29) is 45.1 Å². The summed E-state index contributed by atoms with van der Waals surface area (Å²) in [5, 5.41) is 0. The fraction of sp³-hybridized carbons (Fsp3) is 0.613. The standard InChI is InChI=1S/C31H44O6S2/c1-19(2)24-15-26(20(3)4)31(27(16-24)21(5)6)39(35,36)37-25-17-28(22-11-7-8-12-22)30(38(32,33)34)29(18-25)23-13-9-10-14-23/h15-23H,7-14H2,1-6H3,(H,32,33,34). The molecule has 0 unspecified atom stereocenters. The fourth-order valence-corrected chi connectivity index (χ4v) is 9.07. The minimum absolute atomic E-state index is 0.0296. The summed E-state index contributed by atoms with van der Waals surface area (Å²) < 4.78 is 69.9. The van der Waals surface area contributed by atoms with Gasteiger partial charge in [0.15, 0.2) is 0 Å². The molecule has 0 saturated heterocycles. The van der Waals surface area contributed by atoms with Crippen molar-refractivity contribution in [1.29, 1.82) is 0 Å². The van der Waals surface area contributed by atoms with E-state index in [1.54, 1.807) is 12.1 Å². The van der Waals surface area contributed by atoms with Gasteiger partial charge in [-0.1, -0.05) is 79.4 Å². The lowest BCUT2D eigenvalue weighted by atomic mass is 9.89. The summed E-state index contributed by atoms with van der Waals surface area (Å²) in [6, 6.07) is 7.07. The first kappa shape index (κ1) is 30.1. The fourth-order valence-electron chi connectivity index (χ4n) is 6.42. The quantitative estimate of drug-likeness (QED) is 0.238. The van der Waals surface area contributed by atoms with Crippen LogP contribution < -0.4 is 4.18 Å². The zero-order chi connectivity index (χ0) is 28.7. The van der Waals surface area contributed by atoms with Crippen LogP contribution in [0, 0.1) is 0 Å². The average molecular weight is 577 g/mol. The van der Waals surface area contributed by atoms with E-state index in [1.165, 1.54) is 0 Å². The van der Waals surface area contributed by atoms with Crippen LogP contribution in [0.15, 0.2) is 34.1 Å². The summed E-state index contributed by atoms with van der Waals surface area (Å²) in [6.07, 6.45) is 7.07. The molecule has 1 N–H and O–H groups in total. The number of hydrogen-bond donors (Lipinski definition) is 1. The average Bonchev–Trinajstić information content (AvgIpc) is 3.56. The van der Waals surface area contributed by atoms with Crippen molar-refractivity contribution in [3.05, 3.63) is 52.1 Å². The third-order valence-electron chi connectivity index (χ3n) is 8.50. The largest absolute Gasteiger partial charge is 0.379 e. The van der Waals surface area contributed by atoms with Gasteiger partial charge in [0.25, 0.3) is 10.1 Å². The molecular weight excluding hydrogens is 532 g/mol. The molecule has 216 valence electrons. The number of benzene rings is 2. The minimum atomic E-state index is -4.51. The van der Waals surface area contributed by atoms with Gasteiger partial charge in [-0.2, -0.15) is 16.8 Å². The third kappa shape index (κ3) is 6.38. The summed E-state index contributed by atoms with van der Waals surface area (Å²) in [6.45, 7) is 12.1. The second-order valence-electron chi connectivity index (χ2n) is 12.4. The van der Waals surface area contributed by atoms with Crippen LogP contribution >= 0.6 is 0 Å². The summed E-state index contributed by atoms with van der Waals surface area (Å²) in [5.74, 6) is 0.170. The van der Waals surface area contributed by atoms with Crippen molar-refractivity contribution < 1.29 is 25.6 Å². The summed E-state index contributed by atoms with van der Waals surface area (Å²) in [5.41, 5.74) is 3.53. The van der Waals surface area contributed by atoms with Gasteiger partial charge < -0.3 is 4.18 Å². The maximum Gasteiger partial charge on any atom is 0.339 e. The molecule has 8 heteroatoms. The van der Waals surface area contributed by atoms with E-state index in [0.29, 0.717) is 11.1 Å². The van der Waals surface area contributed by atoms with Gasteiger partial charge in [-0.3, -0.25) is 4.55 Å². The van der Waals surface area contributed by atoms with Crippen LogP contribution in [0.5, 0.6) is 5.75 Å². The normalized spacial score (nSPS) is 17.7. The molecule has 2 aromatic carbocycles. The molecule has 0 atom stereocenters. The van der Waals surface area contributed by atoms with Crippen molar-refractivity contribution in [3.8, 4) is 5.75 Å². The lowest BCUT2D eigenvalue weighted by Gasteiger charge is -2.24. The van der Waals surface area contributed by atoms with Gasteiger partial charge in [0.1, 0.15) is 15.5 Å². The molecular formula is C31H44O6S2. The molecule has 4 rings (SSSR count).